The van der Waals surface area contributed by atoms with Gasteiger partial charge >= 0.3 is 6.61 Å². The van der Waals surface area contributed by atoms with Gasteiger partial charge < -0.3 is 9.47 Å². The quantitative estimate of drug-likeness (QED) is 0.725. The first-order valence-corrected chi connectivity index (χ1v) is 3.72. The van der Waals surface area contributed by atoms with Crippen molar-refractivity contribution in [2.45, 2.75) is 13.5 Å². The second kappa shape index (κ2) is 4.07. The molecule has 2 nitrogen and oxygen atoms in total. The number of alkyl halides is 2. The van der Waals surface area contributed by atoms with E-state index in [9.17, 15) is 8.78 Å². The Hall–Kier alpha value is -1.32. The standard InChI is InChI=1S/C9H10F2O2/c1-6-3-7(12-2)5-8(4-6)13-9(10)11/h3-5,9H,1-2H3. The van der Waals surface area contributed by atoms with Gasteiger partial charge in [-0.25, -0.2) is 0 Å². The van der Waals surface area contributed by atoms with Crippen LogP contribution in [-0.4, -0.2) is 13.7 Å². The number of methoxy groups -OCH3 is 1. The lowest BCUT2D eigenvalue weighted by Gasteiger charge is -2.07. The van der Waals surface area contributed by atoms with Gasteiger partial charge in [-0.2, -0.15) is 8.78 Å². The Morgan fingerprint density at radius 3 is 2.31 bits per heavy atom. The van der Waals surface area contributed by atoms with Crippen LogP contribution in [0.3, 0.4) is 0 Å². The average molecular weight is 188 g/mol. The lowest BCUT2D eigenvalue weighted by atomic mass is 10.2. The topological polar surface area (TPSA) is 18.5 Å². The molecule has 0 fully saturated rings. The first kappa shape index (κ1) is 9.77. The van der Waals surface area contributed by atoms with Crippen LogP contribution in [0.25, 0.3) is 0 Å². The molecule has 0 heterocycles. The molecule has 0 radical (unpaired) electrons. The predicted molar refractivity (Wildman–Crippen MR) is 44.4 cm³/mol. The van der Waals surface area contributed by atoms with Crippen LogP contribution in [0.4, 0.5) is 8.78 Å². The Bertz CT molecular complexity index is 287. The molecule has 0 N–H and O–H groups in total. The van der Waals surface area contributed by atoms with Gasteiger partial charge in [-0.3, -0.25) is 0 Å². The van der Waals surface area contributed by atoms with Crippen molar-refractivity contribution >= 4 is 0 Å². The number of ether oxygens (including phenoxy) is 2. The second-order valence-corrected chi connectivity index (χ2v) is 2.56. The summed E-state index contributed by atoms with van der Waals surface area (Å²) >= 11 is 0. The van der Waals surface area contributed by atoms with Crippen LogP contribution in [0.2, 0.25) is 0 Å². The summed E-state index contributed by atoms with van der Waals surface area (Å²) in [5, 5.41) is 0. The summed E-state index contributed by atoms with van der Waals surface area (Å²) in [6, 6.07) is 4.67. The average Bonchev–Trinajstić information content (AvgIpc) is 2.01. The smallest absolute Gasteiger partial charge is 0.387 e. The molecular weight excluding hydrogens is 178 g/mol. The van der Waals surface area contributed by atoms with E-state index in [2.05, 4.69) is 4.74 Å². The number of benzene rings is 1. The van der Waals surface area contributed by atoms with Gasteiger partial charge in [0.05, 0.1) is 7.11 Å². The van der Waals surface area contributed by atoms with Crippen LogP contribution in [0.5, 0.6) is 11.5 Å². The van der Waals surface area contributed by atoms with Crippen molar-refractivity contribution in [2.75, 3.05) is 7.11 Å². The van der Waals surface area contributed by atoms with Gasteiger partial charge in [0.1, 0.15) is 11.5 Å². The third kappa shape index (κ3) is 2.89. The molecule has 0 saturated heterocycles. The number of aryl methyl sites for hydroxylation is 1. The molecule has 0 bridgehead atoms. The van der Waals surface area contributed by atoms with Crippen molar-refractivity contribution in [1.29, 1.82) is 0 Å². The molecule has 0 spiro atoms. The van der Waals surface area contributed by atoms with Gasteiger partial charge in [-0.05, 0) is 24.6 Å². The first-order chi connectivity index (χ1) is 6.11. The SMILES string of the molecule is COc1cc(C)cc(OC(F)F)c1. The van der Waals surface area contributed by atoms with E-state index in [1.54, 1.807) is 13.0 Å². The zero-order chi connectivity index (χ0) is 9.84. The van der Waals surface area contributed by atoms with E-state index in [4.69, 9.17) is 4.74 Å². The van der Waals surface area contributed by atoms with E-state index < -0.39 is 6.61 Å². The van der Waals surface area contributed by atoms with Crippen LogP contribution in [0.15, 0.2) is 18.2 Å². The van der Waals surface area contributed by atoms with Gasteiger partial charge in [0.25, 0.3) is 0 Å². The predicted octanol–water partition coefficient (Wildman–Crippen LogP) is 2.61. The molecule has 72 valence electrons. The van der Waals surface area contributed by atoms with Crippen molar-refractivity contribution in [3.8, 4) is 11.5 Å². The molecule has 1 aromatic rings. The minimum absolute atomic E-state index is 0.117. The Labute approximate surface area is 75.1 Å². The van der Waals surface area contributed by atoms with Crippen molar-refractivity contribution in [3.63, 3.8) is 0 Å². The van der Waals surface area contributed by atoms with Gasteiger partial charge in [-0.1, -0.05) is 0 Å². The number of hydrogen-bond acceptors (Lipinski definition) is 2. The summed E-state index contributed by atoms with van der Waals surface area (Å²) in [5.74, 6) is 0.627. The zero-order valence-electron chi connectivity index (χ0n) is 7.38. The minimum Gasteiger partial charge on any atom is -0.497 e. The molecule has 1 rings (SSSR count). The first-order valence-electron chi connectivity index (χ1n) is 3.72. The fourth-order valence-corrected chi connectivity index (χ4v) is 1.00. The number of hydrogen-bond donors (Lipinski definition) is 0. The van der Waals surface area contributed by atoms with Gasteiger partial charge in [-0.15, -0.1) is 0 Å². The highest BCUT2D eigenvalue weighted by molar-refractivity contribution is 5.37. The Balaban J connectivity index is 2.88. The highest BCUT2D eigenvalue weighted by atomic mass is 19.3. The molecule has 0 amide bonds. The van der Waals surface area contributed by atoms with Crippen molar-refractivity contribution in [3.05, 3.63) is 23.8 Å². The maximum atomic E-state index is 11.8. The highest BCUT2D eigenvalue weighted by Gasteiger charge is 2.05. The largest absolute Gasteiger partial charge is 0.497 e. The molecule has 13 heavy (non-hydrogen) atoms. The fourth-order valence-electron chi connectivity index (χ4n) is 1.00. The number of halogens is 2. The summed E-state index contributed by atoms with van der Waals surface area (Å²) in [5.41, 5.74) is 0.815. The molecule has 0 aliphatic heterocycles. The second-order valence-electron chi connectivity index (χ2n) is 2.56. The molecule has 0 unspecified atom stereocenters. The van der Waals surface area contributed by atoms with Crippen LogP contribution < -0.4 is 9.47 Å². The molecule has 4 heteroatoms. The lowest BCUT2D eigenvalue weighted by molar-refractivity contribution is -0.0499. The van der Waals surface area contributed by atoms with E-state index in [-0.39, 0.29) is 5.75 Å². The molecule has 0 atom stereocenters. The summed E-state index contributed by atoms with van der Waals surface area (Å²) in [6.45, 7) is -1.02. The third-order valence-electron chi connectivity index (χ3n) is 1.49. The maximum absolute atomic E-state index is 11.8. The van der Waals surface area contributed by atoms with E-state index in [0.29, 0.717) is 5.75 Å². The summed E-state index contributed by atoms with van der Waals surface area (Å²) in [4.78, 5) is 0. The van der Waals surface area contributed by atoms with Crippen LogP contribution in [0.1, 0.15) is 5.56 Å². The molecule has 0 aromatic heterocycles. The normalized spacial score (nSPS) is 10.2. The molecule has 0 aliphatic rings. The van der Waals surface area contributed by atoms with Crippen molar-refractivity contribution < 1.29 is 18.3 Å². The van der Waals surface area contributed by atoms with E-state index >= 15 is 0 Å². The Kier molecular flexibility index (Phi) is 3.06. The van der Waals surface area contributed by atoms with Crippen LogP contribution in [0, 0.1) is 6.92 Å². The lowest BCUT2D eigenvalue weighted by Crippen LogP contribution is -2.02. The third-order valence-corrected chi connectivity index (χ3v) is 1.49. The van der Waals surface area contributed by atoms with E-state index in [0.717, 1.165) is 5.56 Å². The van der Waals surface area contributed by atoms with E-state index in [1.807, 2.05) is 0 Å². The summed E-state index contributed by atoms with van der Waals surface area (Å²) < 4.78 is 32.8. The maximum Gasteiger partial charge on any atom is 0.387 e. The Morgan fingerprint density at radius 2 is 1.77 bits per heavy atom. The summed E-state index contributed by atoms with van der Waals surface area (Å²) in [6.07, 6.45) is 0. The molecule has 0 saturated carbocycles. The highest BCUT2D eigenvalue weighted by Crippen LogP contribution is 2.23. The van der Waals surface area contributed by atoms with Gasteiger partial charge in [0.15, 0.2) is 0 Å². The minimum atomic E-state index is -2.80. The van der Waals surface area contributed by atoms with Crippen LogP contribution >= 0.6 is 0 Å². The fraction of sp³-hybridized carbons (Fsp3) is 0.333. The Morgan fingerprint density at radius 1 is 1.15 bits per heavy atom. The van der Waals surface area contributed by atoms with Crippen LogP contribution in [-0.2, 0) is 0 Å². The monoisotopic (exact) mass is 188 g/mol. The molecular formula is C9H10F2O2. The number of rotatable bonds is 3. The van der Waals surface area contributed by atoms with Crippen molar-refractivity contribution in [2.24, 2.45) is 0 Å². The van der Waals surface area contributed by atoms with Gasteiger partial charge in [0.2, 0.25) is 0 Å². The van der Waals surface area contributed by atoms with E-state index in [1.165, 1.54) is 19.2 Å². The summed E-state index contributed by atoms with van der Waals surface area (Å²) in [7, 11) is 1.47. The molecule has 1 aromatic carbocycles. The van der Waals surface area contributed by atoms with Gasteiger partial charge in [0, 0.05) is 6.07 Å². The zero-order valence-corrected chi connectivity index (χ0v) is 7.38. The molecule has 0 aliphatic carbocycles. The van der Waals surface area contributed by atoms with Crippen molar-refractivity contribution in [1.82, 2.24) is 0 Å².